The molecule has 0 aliphatic carbocycles. The summed E-state index contributed by atoms with van der Waals surface area (Å²) >= 11 is 0. The summed E-state index contributed by atoms with van der Waals surface area (Å²) in [4.78, 5) is 0. The summed E-state index contributed by atoms with van der Waals surface area (Å²) in [6.07, 6.45) is -4.62. The third-order valence-corrected chi connectivity index (χ3v) is 1.62. The van der Waals surface area contributed by atoms with Crippen LogP contribution in [0.25, 0.3) is 0 Å². The molecule has 0 aromatic carbocycles. The second kappa shape index (κ2) is 3.05. The van der Waals surface area contributed by atoms with Gasteiger partial charge in [0.25, 0.3) is 0 Å². The van der Waals surface area contributed by atoms with E-state index in [1.807, 2.05) is 0 Å². The van der Waals surface area contributed by atoms with Crippen molar-refractivity contribution in [3.05, 3.63) is 17.5 Å². The number of alkyl halides is 3. The van der Waals surface area contributed by atoms with E-state index in [2.05, 4.69) is 5.10 Å². The average Bonchev–Trinajstić information content (AvgIpc) is 2.44. The van der Waals surface area contributed by atoms with E-state index in [-0.39, 0.29) is 11.6 Å². The summed E-state index contributed by atoms with van der Waals surface area (Å²) in [6, 6.07) is 0.775. The first-order chi connectivity index (χ1) is 7.03. The first-order valence-electron chi connectivity index (χ1n) is 5.21. The lowest BCUT2D eigenvalue weighted by Gasteiger charge is -2.02. The van der Waals surface area contributed by atoms with E-state index in [0.717, 1.165) is 6.07 Å². The Morgan fingerprint density at radius 3 is 2.46 bits per heavy atom. The Bertz CT molecular complexity index is 379. The summed E-state index contributed by atoms with van der Waals surface area (Å²) in [5.74, 6) is -0.343. The van der Waals surface area contributed by atoms with Gasteiger partial charge >= 0.3 is 6.18 Å². The number of hydrogen-bond acceptors (Lipinski definition) is 1. The summed E-state index contributed by atoms with van der Waals surface area (Å²) in [5, 5.41) is 3.10. The zero-order valence-corrected chi connectivity index (χ0v) is 7.18. The SMILES string of the molecule is [2H]C([2H])([2H])n1nc(C(F)(F)F)cc1C(C)C. The van der Waals surface area contributed by atoms with Crippen molar-refractivity contribution in [3.63, 3.8) is 0 Å². The molecule has 74 valence electrons. The number of aromatic nitrogens is 2. The molecule has 0 saturated carbocycles. The zero-order valence-electron chi connectivity index (χ0n) is 10.2. The van der Waals surface area contributed by atoms with E-state index in [1.54, 1.807) is 13.8 Å². The van der Waals surface area contributed by atoms with Crippen LogP contribution in [-0.2, 0) is 13.2 Å². The second-order valence-corrected chi connectivity index (χ2v) is 3.02. The molecule has 2 nitrogen and oxygen atoms in total. The van der Waals surface area contributed by atoms with Crippen LogP contribution in [0.1, 0.15) is 35.3 Å². The minimum atomic E-state index is -4.62. The highest BCUT2D eigenvalue weighted by atomic mass is 19.4. The minimum absolute atomic E-state index is 0.0484. The molecule has 0 aliphatic rings. The lowest BCUT2D eigenvalue weighted by molar-refractivity contribution is -0.141. The predicted octanol–water partition coefficient (Wildman–Crippen LogP) is 2.56. The van der Waals surface area contributed by atoms with Gasteiger partial charge in [0.15, 0.2) is 5.69 Å². The molecule has 1 heterocycles. The fourth-order valence-corrected chi connectivity index (χ4v) is 0.945. The summed E-state index contributed by atoms with van der Waals surface area (Å²) in [6.45, 7) is 0.530. The van der Waals surface area contributed by atoms with E-state index in [9.17, 15) is 13.2 Å². The Hall–Kier alpha value is -1.00. The first-order valence-corrected chi connectivity index (χ1v) is 3.71. The molecule has 0 saturated heterocycles. The monoisotopic (exact) mass is 195 g/mol. The van der Waals surface area contributed by atoms with E-state index in [4.69, 9.17) is 4.11 Å². The highest BCUT2D eigenvalue weighted by molar-refractivity contribution is 5.15. The largest absolute Gasteiger partial charge is 0.435 e. The van der Waals surface area contributed by atoms with Crippen molar-refractivity contribution in [1.29, 1.82) is 0 Å². The number of hydrogen-bond donors (Lipinski definition) is 0. The maximum absolute atomic E-state index is 12.4. The van der Waals surface area contributed by atoms with Gasteiger partial charge in [0.05, 0.1) is 0 Å². The molecular formula is C8H11F3N2. The number of rotatable bonds is 1. The van der Waals surface area contributed by atoms with Crippen molar-refractivity contribution in [2.75, 3.05) is 0 Å². The van der Waals surface area contributed by atoms with E-state index in [0.29, 0.717) is 4.68 Å². The molecule has 1 aromatic rings. The fourth-order valence-electron chi connectivity index (χ4n) is 0.945. The Morgan fingerprint density at radius 1 is 1.54 bits per heavy atom. The summed E-state index contributed by atoms with van der Waals surface area (Å²) < 4.78 is 58.9. The maximum atomic E-state index is 12.4. The van der Waals surface area contributed by atoms with Crippen LogP contribution in [0.15, 0.2) is 6.07 Å². The van der Waals surface area contributed by atoms with Crippen LogP contribution in [0.5, 0.6) is 0 Å². The van der Waals surface area contributed by atoms with Crippen LogP contribution in [-0.4, -0.2) is 9.78 Å². The molecule has 0 radical (unpaired) electrons. The Kier molecular flexibility index (Phi) is 1.51. The van der Waals surface area contributed by atoms with Crippen LogP contribution in [0.3, 0.4) is 0 Å². The van der Waals surface area contributed by atoms with Crippen molar-refractivity contribution in [1.82, 2.24) is 9.78 Å². The molecule has 0 fully saturated rings. The highest BCUT2D eigenvalue weighted by Gasteiger charge is 2.34. The number of halogens is 3. The van der Waals surface area contributed by atoms with Gasteiger partial charge in [-0.1, -0.05) is 13.8 Å². The lowest BCUT2D eigenvalue weighted by atomic mass is 10.1. The van der Waals surface area contributed by atoms with Crippen molar-refractivity contribution < 1.29 is 17.3 Å². The van der Waals surface area contributed by atoms with Crippen LogP contribution in [0, 0.1) is 0 Å². The molecule has 13 heavy (non-hydrogen) atoms. The van der Waals surface area contributed by atoms with Gasteiger partial charge in [-0.25, -0.2) is 0 Å². The van der Waals surface area contributed by atoms with Crippen molar-refractivity contribution in [2.45, 2.75) is 25.9 Å². The van der Waals surface area contributed by atoms with Gasteiger partial charge in [0.2, 0.25) is 0 Å². The average molecular weight is 195 g/mol. The van der Waals surface area contributed by atoms with Gasteiger partial charge in [-0.2, -0.15) is 18.3 Å². The predicted molar refractivity (Wildman–Crippen MR) is 42.3 cm³/mol. The van der Waals surface area contributed by atoms with Gasteiger partial charge < -0.3 is 0 Å². The van der Waals surface area contributed by atoms with Gasteiger partial charge in [-0.15, -0.1) is 0 Å². The van der Waals surface area contributed by atoms with Gasteiger partial charge in [-0.05, 0) is 12.0 Å². The molecule has 0 bridgehead atoms. The van der Waals surface area contributed by atoms with Crippen LogP contribution in [0.2, 0.25) is 0 Å². The molecular weight excluding hydrogens is 181 g/mol. The third kappa shape index (κ3) is 2.02. The standard InChI is InChI=1S/C8H11F3N2/c1-5(2)6-4-7(8(9,10)11)12-13(6)3/h4-5H,1-3H3/i3D3. The molecule has 0 N–H and O–H groups in total. The fraction of sp³-hybridized carbons (Fsp3) is 0.625. The normalized spacial score (nSPS) is 16.9. The number of aryl methyl sites for hydroxylation is 1. The van der Waals surface area contributed by atoms with Crippen molar-refractivity contribution in [2.24, 2.45) is 6.98 Å². The molecule has 0 amide bonds. The smallest absolute Gasteiger partial charge is 0.272 e. The second-order valence-electron chi connectivity index (χ2n) is 3.02. The summed E-state index contributed by atoms with van der Waals surface area (Å²) in [7, 11) is 0. The molecule has 0 unspecified atom stereocenters. The molecule has 0 aliphatic heterocycles. The Balaban J connectivity index is 3.32. The molecule has 0 atom stereocenters. The van der Waals surface area contributed by atoms with E-state index >= 15 is 0 Å². The molecule has 0 spiro atoms. The zero-order chi connectivity index (χ0) is 12.7. The topological polar surface area (TPSA) is 17.8 Å². The lowest BCUT2D eigenvalue weighted by Crippen LogP contribution is -2.06. The van der Waals surface area contributed by atoms with Crippen molar-refractivity contribution in [3.8, 4) is 0 Å². The van der Waals surface area contributed by atoms with Crippen LogP contribution < -0.4 is 0 Å². The quantitative estimate of drug-likeness (QED) is 0.673. The van der Waals surface area contributed by atoms with E-state index in [1.165, 1.54) is 0 Å². The highest BCUT2D eigenvalue weighted by Crippen LogP contribution is 2.29. The Morgan fingerprint density at radius 2 is 2.15 bits per heavy atom. The maximum Gasteiger partial charge on any atom is 0.435 e. The number of nitrogens with zero attached hydrogens (tertiary/aromatic N) is 2. The van der Waals surface area contributed by atoms with Gasteiger partial charge in [0.1, 0.15) is 0 Å². The Labute approximate surface area is 78.6 Å². The van der Waals surface area contributed by atoms with Gasteiger partial charge in [-0.3, -0.25) is 4.68 Å². The van der Waals surface area contributed by atoms with Crippen molar-refractivity contribution >= 4 is 0 Å². The summed E-state index contributed by atoms with van der Waals surface area (Å²) in [5.41, 5.74) is -1.13. The van der Waals surface area contributed by atoms with Gasteiger partial charge in [0, 0.05) is 16.8 Å². The molecule has 1 rings (SSSR count). The minimum Gasteiger partial charge on any atom is -0.272 e. The molecule has 5 heteroatoms. The van der Waals surface area contributed by atoms with Crippen LogP contribution in [0.4, 0.5) is 13.2 Å². The first kappa shape index (κ1) is 6.45. The van der Waals surface area contributed by atoms with E-state index < -0.39 is 18.8 Å². The third-order valence-electron chi connectivity index (χ3n) is 1.62. The van der Waals surface area contributed by atoms with Crippen LogP contribution >= 0.6 is 0 Å². The molecule has 1 aromatic heterocycles.